The Balaban J connectivity index is 1.55. The van der Waals surface area contributed by atoms with E-state index >= 15 is 0 Å². The molecule has 0 radical (unpaired) electrons. The Kier molecular flexibility index (Phi) is 4.77. The van der Waals surface area contributed by atoms with Gasteiger partial charge in [0.2, 0.25) is 0 Å². The molecule has 1 aromatic heterocycles. The van der Waals surface area contributed by atoms with Crippen molar-refractivity contribution in [2.75, 3.05) is 19.6 Å². The Morgan fingerprint density at radius 3 is 2.86 bits per heavy atom. The van der Waals surface area contributed by atoms with E-state index in [1.165, 1.54) is 66.3 Å². The van der Waals surface area contributed by atoms with Crippen LogP contribution < -0.4 is 5.32 Å². The lowest BCUT2D eigenvalue weighted by Gasteiger charge is -2.35. The van der Waals surface area contributed by atoms with Gasteiger partial charge in [-0.15, -0.1) is 11.3 Å². The minimum absolute atomic E-state index is 0.553. The Labute approximate surface area is 132 Å². The molecule has 0 amide bonds. The summed E-state index contributed by atoms with van der Waals surface area (Å²) in [6, 6.07) is 1.22. The smallest absolute Gasteiger partial charge is 0.0900 e. The van der Waals surface area contributed by atoms with E-state index in [2.05, 4.69) is 30.6 Å². The molecule has 1 atom stereocenters. The van der Waals surface area contributed by atoms with Crippen LogP contribution in [0.4, 0.5) is 0 Å². The minimum Gasteiger partial charge on any atom is -0.306 e. The van der Waals surface area contributed by atoms with Crippen LogP contribution in [0.5, 0.6) is 0 Å². The van der Waals surface area contributed by atoms with Crippen molar-refractivity contribution < 1.29 is 0 Å². The van der Waals surface area contributed by atoms with E-state index in [1.807, 2.05) is 11.3 Å². The van der Waals surface area contributed by atoms with E-state index in [9.17, 15) is 0 Å². The molecule has 1 N–H and O–H groups in total. The zero-order valence-corrected chi connectivity index (χ0v) is 14.1. The van der Waals surface area contributed by atoms with Gasteiger partial charge in [-0.1, -0.05) is 12.2 Å². The third-order valence-electron chi connectivity index (χ3n) is 4.58. The molecule has 3 nitrogen and oxygen atoms in total. The summed E-state index contributed by atoms with van der Waals surface area (Å²) >= 11 is 1.90. The Hall–Kier alpha value is -0.710. The van der Waals surface area contributed by atoms with Gasteiger partial charge in [0, 0.05) is 23.5 Å². The predicted octanol–water partition coefficient (Wildman–Crippen LogP) is 3.46. The van der Waals surface area contributed by atoms with Crippen LogP contribution in [0.3, 0.4) is 0 Å². The molecule has 0 saturated carbocycles. The van der Waals surface area contributed by atoms with Gasteiger partial charge in [-0.05, 0) is 59.0 Å². The summed E-state index contributed by atoms with van der Waals surface area (Å²) in [6.45, 7) is 11.8. The van der Waals surface area contributed by atoms with E-state index in [1.54, 1.807) is 0 Å². The standard InChI is InChI=1S/C17H27N3S/c1-12(2)11-20-9-7-14(8-10-20)19-16-6-4-5-15-17(16)21-13(3)18-15/h14,16,19H,1,4-11H2,2-3H3/t16-/m1/s1. The Morgan fingerprint density at radius 2 is 2.14 bits per heavy atom. The van der Waals surface area contributed by atoms with Gasteiger partial charge in [-0.3, -0.25) is 4.90 Å². The van der Waals surface area contributed by atoms with Crippen LogP contribution in [-0.4, -0.2) is 35.6 Å². The van der Waals surface area contributed by atoms with Crippen molar-refractivity contribution in [3.8, 4) is 0 Å². The first-order valence-corrected chi connectivity index (χ1v) is 9.02. The molecule has 2 heterocycles. The summed E-state index contributed by atoms with van der Waals surface area (Å²) in [7, 11) is 0. The number of fused-ring (bicyclic) bond motifs is 1. The lowest BCUT2D eigenvalue weighted by molar-refractivity contribution is 0.201. The quantitative estimate of drug-likeness (QED) is 0.864. The second-order valence-electron chi connectivity index (χ2n) is 6.66. The van der Waals surface area contributed by atoms with E-state index in [-0.39, 0.29) is 0 Å². The van der Waals surface area contributed by atoms with Gasteiger partial charge in [0.25, 0.3) is 0 Å². The maximum Gasteiger partial charge on any atom is 0.0900 e. The fraction of sp³-hybridized carbons (Fsp3) is 0.706. The first-order chi connectivity index (χ1) is 10.1. The number of aromatic nitrogens is 1. The number of nitrogens with one attached hydrogen (secondary N) is 1. The second-order valence-corrected chi connectivity index (χ2v) is 7.90. The second kappa shape index (κ2) is 6.59. The molecule has 3 rings (SSSR count). The summed E-state index contributed by atoms with van der Waals surface area (Å²) in [6.07, 6.45) is 6.26. The van der Waals surface area contributed by atoms with Crippen LogP contribution in [0.1, 0.15) is 54.2 Å². The molecule has 116 valence electrons. The lowest BCUT2D eigenvalue weighted by Crippen LogP contribution is -2.44. The van der Waals surface area contributed by atoms with Crippen LogP contribution in [0.2, 0.25) is 0 Å². The highest BCUT2D eigenvalue weighted by atomic mass is 32.1. The number of likely N-dealkylation sites (tertiary alicyclic amines) is 1. The normalized spacial score (nSPS) is 24.0. The van der Waals surface area contributed by atoms with Gasteiger partial charge in [-0.25, -0.2) is 4.98 Å². The van der Waals surface area contributed by atoms with Crippen molar-refractivity contribution in [2.24, 2.45) is 0 Å². The van der Waals surface area contributed by atoms with Gasteiger partial charge in [0.15, 0.2) is 0 Å². The lowest BCUT2D eigenvalue weighted by atomic mass is 9.95. The number of aryl methyl sites for hydroxylation is 2. The fourth-order valence-corrected chi connectivity index (χ4v) is 4.69. The SMILES string of the molecule is C=C(C)CN1CCC(N[C@@H]2CCCc3nc(C)sc32)CC1. The molecule has 2 aliphatic rings. The molecule has 1 aromatic rings. The summed E-state index contributed by atoms with van der Waals surface area (Å²) in [5.41, 5.74) is 2.64. The summed E-state index contributed by atoms with van der Waals surface area (Å²) < 4.78 is 0. The van der Waals surface area contributed by atoms with E-state index < -0.39 is 0 Å². The first kappa shape index (κ1) is 15.2. The molecule has 0 bridgehead atoms. The molecular formula is C17H27N3S. The third-order valence-corrected chi connectivity index (χ3v) is 5.70. The zero-order valence-electron chi connectivity index (χ0n) is 13.3. The minimum atomic E-state index is 0.553. The van der Waals surface area contributed by atoms with Gasteiger partial charge >= 0.3 is 0 Å². The molecule has 1 aliphatic heterocycles. The fourth-order valence-electron chi connectivity index (χ4n) is 3.63. The van der Waals surface area contributed by atoms with Gasteiger partial charge in [0.05, 0.1) is 10.7 Å². The molecule has 0 unspecified atom stereocenters. The molecule has 1 saturated heterocycles. The van der Waals surface area contributed by atoms with Gasteiger partial charge in [0.1, 0.15) is 0 Å². The van der Waals surface area contributed by atoms with E-state index in [0.29, 0.717) is 12.1 Å². The van der Waals surface area contributed by atoms with Crippen molar-refractivity contribution in [1.29, 1.82) is 0 Å². The Morgan fingerprint density at radius 1 is 1.38 bits per heavy atom. The topological polar surface area (TPSA) is 28.2 Å². The molecule has 21 heavy (non-hydrogen) atoms. The van der Waals surface area contributed by atoms with Crippen molar-refractivity contribution in [1.82, 2.24) is 15.2 Å². The maximum atomic E-state index is 4.70. The third kappa shape index (κ3) is 3.74. The number of piperidine rings is 1. The Bertz CT molecular complexity index is 500. The van der Waals surface area contributed by atoms with Crippen LogP contribution >= 0.6 is 11.3 Å². The van der Waals surface area contributed by atoms with Crippen molar-refractivity contribution in [3.63, 3.8) is 0 Å². The summed E-state index contributed by atoms with van der Waals surface area (Å²) in [5.74, 6) is 0. The highest BCUT2D eigenvalue weighted by Crippen LogP contribution is 2.34. The highest BCUT2D eigenvalue weighted by molar-refractivity contribution is 7.11. The van der Waals surface area contributed by atoms with Crippen LogP contribution in [0.25, 0.3) is 0 Å². The number of hydrogen-bond acceptors (Lipinski definition) is 4. The number of rotatable bonds is 4. The summed E-state index contributed by atoms with van der Waals surface area (Å²) in [4.78, 5) is 8.75. The number of thiazole rings is 1. The zero-order chi connectivity index (χ0) is 14.8. The van der Waals surface area contributed by atoms with Crippen LogP contribution in [0.15, 0.2) is 12.2 Å². The van der Waals surface area contributed by atoms with Crippen molar-refractivity contribution in [3.05, 3.63) is 27.7 Å². The summed E-state index contributed by atoms with van der Waals surface area (Å²) in [5, 5.41) is 5.15. The van der Waals surface area contributed by atoms with Crippen molar-refractivity contribution >= 4 is 11.3 Å². The van der Waals surface area contributed by atoms with Crippen molar-refractivity contribution in [2.45, 2.75) is 58.0 Å². The predicted molar refractivity (Wildman–Crippen MR) is 89.9 cm³/mol. The van der Waals surface area contributed by atoms with E-state index in [4.69, 9.17) is 4.98 Å². The van der Waals surface area contributed by atoms with Crippen LogP contribution in [-0.2, 0) is 6.42 Å². The van der Waals surface area contributed by atoms with Crippen LogP contribution in [0, 0.1) is 6.92 Å². The largest absolute Gasteiger partial charge is 0.306 e. The molecular weight excluding hydrogens is 278 g/mol. The first-order valence-electron chi connectivity index (χ1n) is 8.21. The van der Waals surface area contributed by atoms with Gasteiger partial charge < -0.3 is 5.32 Å². The molecule has 0 aromatic carbocycles. The maximum absolute atomic E-state index is 4.70. The molecule has 4 heteroatoms. The molecule has 1 aliphatic carbocycles. The molecule has 1 fully saturated rings. The number of nitrogens with zero attached hydrogens (tertiary/aromatic N) is 2. The average Bonchev–Trinajstić information content (AvgIpc) is 2.82. The average molecular weight is 305 g/mol. The van der Waals surface area contributed by atoms with E-state index in [0.717, 1.165) is 6.54 Å². The monoisotopic (exact) mass is 305 g/mol. The number of hydrogen-bond donors (Lipinski definition) is 1. The molecule has 0 spiro atoms. The van der Waals surface area contributed by atoms with Gasteiger partial charge in [-0.2, -0.15) is 0 Å². The highest BCUT2D eigenvalue weighted by Gasteiger charge is 2.27.